The van der Waals surface area contributed by atoms with Crippen molar-refractivity contribution < 1.29 is 14.0 Å². The highest BCUT2D eigenvalue weighted by molar-refractivity contribution is 8.00. The van der Waals surface area contributed by atoms with E-state index in [1.165, 1.54) is 17.8 Å². The Morgan fingerprint density at radius 3 is 2.68 bits per heavy atom. The van der Waals surface area contributed by atoms with Gasteiger partial charge in [0.05, 0.1) is 11.4 Å². The molecular formula is C19H16N2O3S. The Morgan fingerprint density at radius 2 is 1.88 bits per heavy atom. The van der Waals surface area contributed by atoms with Crippen LogP contribution in [0.4, 0.5) is 5.69 Å². The zero-order chi connectivity index (χ0) is 17.6. The molecule has 0 aliphatic carbocycles. The lowest BCUT2D eigenvalue weighted by molar-refractivity contribution is -0.115. The number of primary amides is 1. The van der Waals surface area contributed by atoms with Crippen LogP contribution in [0.5, 0.6) is 0 Å². The smallest absolute Gasteiger partial charge is 0.248 e. The minimum Gasteiger partial charge on any atom is -0.457 e. The third-order valence-corrected chi connectivity index (χ3v) is 4.45. The van der Waals surface area contributed by atoms with Crippen LogP contribution in [0.15, 0.2) is 70.0 Å². The fraction of sp³-hybridized carbons (Fsp3) is 0.0526. The third-order valence-electron chi connectivity index (χ3n) is 3.36. The van der Waals surface area contributed by atoms with E-state index in [4.69, 9.17) is 10.2 Å². The van der Waals surface area contributed by atoms with Gasteiger partial charge in [0.25, 0.3) is 0 Å². The van der Waals surface area contributed by atoms with E-state index in [1.807, 2.05) is 48.5 Å². The van der Waals surface area contributed by atoms with Gasteiger partial charge in [0.15, 0.2) is 0 Å². The number of hydrogen-bond acceptors (Lipinski definition) is 4. The van der Waals surface area contributed by atoms with E-state index in [0.717, 1.165) is 15.9 Å². The van der Waals surface area contributed by atoms with Gasteiger partial charge in [-0.2, -0.15) is 0 Å². The third kappa shape index (κ3) is 4.51. The second kappa shape index (κ2) is 7.72. The van der Waals surface area contributed by atoms with Gasteiger partial charge < -0.3 is 15.5 Å². The van der Waals surface area contributed by atoms with Gasteiger partial charge in [-0.25, -0.2) is 0 Å². The number of nitrogens with one attached hydrogen (secondary N) is 1. The average Bonchev–Trinajstić information content (AvgIpc) is 3.02. The predicted octanol–water partition coefficient (Wildman–Crippen LogP) is 3.66. The molecule has 0 fully saturated rings. The number of hydrogen-bond donors (Lipinski definition) is 2. The lowest BCUT2D eigenvalue weighted by Crippen LogP contribution is -2.13. The molecule has 1 heterocycles. The van der Waals surface area contributed by atoms with Gasteiger partial charge in [-0.1, -0.05) is 30.3 Å². The number of para-hydroxylation sites is 2. The largest absolute Gasteiger partial charge is 0.457 e. The van der Waals surface area contributed by atoms with Crippen LogP contribution in [0.3, 0.4) is 0 Å². The highest BCUT2D eigenvalue weighted by Crippen LogP contribution is 2.26. The second-order valence-electron chi connectivity index (χ2n) is 5.26. The molecule has 2 amide bonds. The van der Waals surface area contributed by atoms with Crippen molar-refractivity contribution in [2.24, 2.45) is 5.73 Å². The normalized spacial score (nSPS) is 11.0. The Hall–Kier alpha value is -2.99. The quantitative estimate of drug-likeness (QED) is 0.524. The van der Waals surface area contributed by atoms with Crippen LogP contribution in [0, 0.1) is 0 Å². The molecule has 0 saturated heterocycles. The van der Waals surface area contributed by atoms with Gasteiger partial charge >= 0.3 is 0 Å². The summed E-state index contributed by atoms with van der Waals surface area (Å²) in [6.07, 6.45) is 3.03. The van der Waals surface area contributed by atoms with Crippen molar-refractivity contribution in [3.8, 4) is 0 Å². The van der Waals surface area contributed by atoms with E-state index in [0.29, 0.717) is 11.4 Å². The maximum atomic E-state index is 12.2. The summed E-state index contributed by atoms with van der Waals surface area (Å²) in [6.45, 7) is 0. The Bertz CT molecular complexity index is 914. The molecule has 0 aliphatic heterocycles. The maximum absolute atomic E-state index is 12.2. The number of anilines is 1. The molecule has 0 saturated carbocycles. The lowest BCUT2D eigenvalue weighted by Gasteiger charge is -2.08. The molecule has 3 aromatic rings. The molecule has 126 valence electrons. The Labute approximate surface area is 148 Å². The molecule has 3 rings (SSSR count). The summed E-state index contributed by atoms with van der Waals surface area (Å²) >= 11 is 1.28. The van der Waals surface area contributed by atoms with Crippen molar-refractivity contribution in [1.82, 2.24) is 0 Å². The molecule has 0 radical (unpaired) electrons. The van der Waals surface area contributed by atoms with E-state index in [2.05, 4.69) is 5.32 Å². The van der Waals surface area contributed by atoms with Crippen molar-refractivity contribution >= 4 is 46.3 Å². The first-order valence-electron chi connectivity index (χ1n) is 7.59. The number of nitrogens with two attached hydrogens (primary N) is 1. The Morgan fingerprint density at radius 1 is 1.12 bits per heavy atom. The van der Waals surface area contributed by atoms with Crippen LogP contribution in [0.2, 0.25) is 0 Å². The topological polar surface area (TPSA) is 85.3 Å². The summed E-state index contributed by atoms with van der Waals surface area (Å²) in [6, 6.07) is 16.8. The van der Waals surface area contributed by atoms with Crippen LogP contribution in [0.1, 0.15) is 5.76 Å². The SMILES string of the molecule is NC(=O)CSc1ccccc1NC(=O)/C=C/c1cc2ccccc2o1. The summed E-state index contributed by atoms with van der Waals surface area (Å²) < 4.78 is 5.63. The van der Waals surface area contributed by atoms with Gasteiger partial charge in [-0.3, -0.25) is 9.59 Å². The maximum Gasteiger partial charge on any atom is 0.248 e. The molecular weight excluding hydrogens is 336 g/mol. The van der Waals surface area contributed by atoms with Gasteiger partial charge in [0.2, 0.25) is 11.8 Å². The van der Waals surface area contributed by atoms with Crippen molar-refractivity contribution in [2.75, 3.05) is 11.1 Å². The number of rotatable bonds is 6. The van der Waals surface area contributed by atoms with Crippen molar-refractivity contribution in [3.63, 3.8) is 0 Å². The number of benzene rings is 2. The first-order chi connectivity index (χ1) is 12.1. The molecule has 2 aromatic carbocycles. The summed E-state index contributed by atoms with van der Waals surface area (Å²) in [5.41, 5.74) is 6.57. The molecule has 0 unspecified atom stereocenters. The molecule has 5 nitrogen and oxygen atoms in total. The number of furan rings is 1. The summed E-state index contributed by atoms with van der Waals surface area (Å²) in [5, 5.41) is 3.78. The fourth-order valence-corrected chi connectivity index (χ4v) is 3.01. The monoisotopic (exact) mass is 352 g/mol. The Balaban J connectivity index is 1.69. The van der Waals surface area contributed by atoms with Crippen LogP contribution >= 0.6 is 11.8 Å². The second-order valence-corrected chi connectivity index (χ2v) is 6.28. The highest BCUT2D eigenvalue weighted by atomic mass is 32.2. The van der Waals surface area contributed by atoms with Gasteiger partial charge in [0.1, 0.15) is 11.3 Å². The molecule has 1 aromatic heterocycles. The van der Waals surface area contributed by atoms with Crippen molar-refractivity contribution in [2.45, 2.75) is 4.90 Å². The Kier molecular flexibility index (Phi) is 5.20. The zero-order valence-electron chi connectivity index (χ0n) is 13.3. The van der Waals surface area contributed by atoms with Crippen LogP contribution in [-0.4, -0.2) is 17.6 Å². The van der Waals surface area contributed by atoms with E-state index in [-0.39, 0.29) is 11.7 Å². The van der Waals surface area contributed by atoms with E-state index >= 15 is 0 Å². The summed E-state index contributed by atoms with van der Waals surface area (Å²) in [4.78, 5) is 23.9. The van der Waals surface area contributed by atoms with Gasteiger partial charge in [-0.15, -0.1) is 11.8 Å². The molecule has 0 bridgehead atoms. The fourth-order valence-electron chi connectivity index (χ4n) is 2.26. The van der Waals surface area contributed by atoms with E-state index in [1.54, 1.807) is 12.1 Å². The minimum absolute atomic E-state index is 0.154. The minimum atomic E-state index is -0.407. The molecule has 0 aliphatic rings. The molecule has 0 atom stereocenters. The number of carbonyl (C=O) groups excluding carboxylic acids is 2. The van der Waals surface area contributed by atoms with E-state index in [9.17, 15) is 9.59 Å². The standard InChI is InChI=1S/C19H16N2O3S/c20-18(22)12-25-17-8-4-2-6-15(17)21-19(23)10-9-14-11-13-5-1-3-7-16(13)24-14/h1-11H,12H2,(H2,20,22)(H,21,23)/b10-9+. The zero-order valence-corrected chi connectivity index (χ0v) is 14.1. The van der Waals surface area contributed by atoms with Crippen LogP contribution in [0.25, 0.3) is 17.0 Å². The van der Waals surface area contributed by atoms with E-state index < -0.39 is 5.91 Å². The lowest BCUT2D eigenvalue weighted by atomic mass is 10.2. The summed E-state index contributed by atoms with van der Waals surface area (Å²) in [5.74, 6) is 0.0676. The predicted molar refractivity (Wildman–Crippen MR) is 100 cm³/mol. The molecule has 25 heavy (non-hydrogen) atoms. The van der Waals surface area contributed by atoms with Gasteiger partial charge in [-0.05, 0) is 30.3 Å². The van der Waals surface area contributed by atoms with Crippen LogP contribution in [-0.2, 0) is 9.59 Å². The van der Waals surface area contributed by atoms with Crippen LogP contribution < -0.4 is 11.1 Å². The summed E-state index contributed by atoms with van der Waals surface area (Å²) in [7, 11) is 0. The first kappa shape index (κ1) is 16.9. The number of thioether (sulfide) groups is 1. The van der Waals surface area contributed by atoms with Gasteiger partial charge in [0, 0.05) is 16.4 Å². The number of fused-ring (bicyclic) bond motifs is 1. The highest BCUT2D eigenvalue weighted by Gasteiger charge is 2.07. The number of carbonyl (C=O) groups is 2. The number of amides is 2. The molecule has 3 N–H and O–H groups in total. The molecule has 0 spiro atoms. The van der Waals surface area contributed by atoms with Crippen molar-refractivity contribution in [1.29, 1.82) is 0 Å². The first-order valence-corrected chi connectivity index (χ1v) is 8.58. The molecule has 6 heteroatoms. The van der Waals surface area contributed by atoms with Crippen molar-refractivity contribution in [3.05, 3.63) is 66.4 Å². The average molecular weight is 352 g/mol.